The third kappa shape index (κ3) is 4.97. The van der Waals surface area contributed by atoms with Crippen LogP contribution in [0.1, 0.15) is 78.6 Å². The largest absolute Gasteiger partial charge is 0.342 e. The minimum Gasteiger partial charge on any atom is -0.342 e. The minimum atomic E-state index is -0.365. The second-order valence-electron chi connectivity index (χ2n) is 8.79. The predicted octanol–water partition coefficient (Wildman–Crippen LogP) is 3.84. The molecule has 0 unspecified atom stereocenters. The van der Waals surface area contributed by atoms with Crippen LogP contribution in [-0.4, -0.2) is 47.8 Å². The van der Waals surface area contributed by atoms with E-state index in [1.165, 1.54) is 32.1 Å². The summed E-state index contributed by atoms with van der Waals surface area (Å²) >= 11 is 0. The van der Waals surface area contributed by atoms with Crippen molar-refractivity contribution in [3.05, 3.63) is 0 Å². The average Bonchev–Trinajstić information content (AvgIpc) is 2.52. The summed E-state index contributed by atoms with van der Waals surface area (Å²) in [6.07, 6.45) is 10.6. The van der Waals surface area contributed by atoms with Gasteiger partial charge >= 0.3 is 0 Å². The minimum absolute atomic E-state index is 0.0134. The molecule has 1 aliphatic carbocycles. The van der Waals surface area contributed by atoms with Crippen LogP contribution in [0.25, 0.3) is 0 Å². The highest BCUT2D eigenvalue weighted by Gasteiger charge is 2.35. The Bertz CT molecular complexity index is 433. The van der Waals surface area contributed by atoms with E-state index < -0.39 is 0 Å². The monoisotopic (exact) mass is 336 g/mol. The van der Waals surface area contributed by atoms with Crippen LogP contribution in [0.15, 0.2) is 0 Å². The van der Waals surface area contributed by atoms with Crippen LogP contribution >= 0.6 is 0 Å². The number of nitrogens with zero attached hydrogens (tertiary/aromatic N) is 2. The molecule has 0 bridgehead atoms. The molecule has 2 aliphatic rings. The summed E-state index contributed by atoms with van der Waals surface area (Å²) in [5, 5.41) is 0. The first-order chi connectivity index (χ1) is 11.3. The number of hydrogen-bond acceptors (Lipinski definition) is 2. The van der Waals surface area contributed by atoms with Gasteiger partial charge in [-0.05, 0) is 25.7 Å². The lowest BCUT2D eigenvalue weighted by molar-refractivity contribution is -0.145. The maximum absolute atomic E-state index is 13.0. The molecule has 0 aromatic rings. The fourth-order valence-electron chi connectivity index (χ4n) is 4.13. The van der Waals surface area contributed by atoms with Crippen molar-refractivity contribution >= 4 is 11.8 Å². The Balaban J connectivity index is 1.96. The zero-order chi connectivity index (χ0) is 17.7. The Kier molecular flexibility index (Phi) is 6.70. The number of carbonyl (C=O) groups is 2. The Labute approximate surface area is 148 Å². The maximum atomic E-state index is 13.0. The number of piperidine rings is 1. The fourth-order valence-corrected chi connectivity index (χ4v) is 4.13. The number of rotatable bonds is 2. The van der Waals surface area contributed by atoms with Crippen LogP contribution in [0.2, 0.25) is 0 Å². The van der Waals surface area contributed by atoms with Gasteiger partial charge in [-0.1, -0.05) is 52.9 Å². The number of carbonyl (C=O) groups excluding carboxylic acids is 2. The summed E-state index contributed by atoms with van der Waals surface area (Å²) in [6, 6.07) is 0.395. The average molecular weight is 337 g/mol. The van der Waals surface area contributed by atoms with Crippen LogP contribution in [0.5, 0.6) is 0 Å². The highest BCUT2D eigenvalue weighted by molar-refractivity contribution is 5.84. The lowest BCUT2D eigenvalue weighted by atomic mass is 9.90. The van der Waals surface area contributed by atoms with Crippen molar-refractivity contribution in [2.24, 2.45) is 11.3 Å². The highest BCUT2D eigenvalue weighted by atomic mass is 16.2. The van der Waals surface area contributed by atoms with E-state index in [0.29, 0.717) is 12.6 Å². The van der Waals surface area contributed by atoms with Gasteiger partial charge in [0.05, 0.1) is 5.92 Å². The summed E-state index contributed by atoms with van der Waals surface area (Å²) in [5.74, 6) is 0.418. The topological polar surface area (TPSA) is 40.6 Å². The summed E-state index contributed by atoms with van der Waals surface area (Å²) in [7, 11) is 1.99. The van der Waals surface area contributed by atoms with Crippen LogP contribution in [0, 0.1) is 11.3 Å². The van der Waals surface area contributed by atoms with E-state index in [9.17, 15) is 9.59 Å². The molecule has 2 amide bonds. The smallest absolute Gasteiger partial charge is 0.227 e. The molecule has 4 heteroatoms. The van der Waals surface area contributed by atoms with E-state index in [1.807, 2.05) is 37.6 Å². The molecule has 0 N–H and O–H groups in total. The molecule has 24 heavy (non-hydrogen) atoms. The lowest BCUT2D eigenvalue weighted by Crippen LogP contribution is -2.50. The van der Waals surface area contributed by atoms with Crippen molar-refractivity contribution in [1.29, 1.82) is 0 Å². The molecule has 138 valence electrons. The van der Waals surface area contributed by atoms with Gasteiger partial charge in [0, 0.05) is 31.6 Å². The standard InChI is InChI=1S/C20H36N2O2/c1-20(2,3)19(24)22-14-10-11-16(15-22)18(23)21(4)17-12-8-6-5-7-9-13-17/h16-17H,5-15H2,1-4H3/t16-/m1/s1. The zero-order valence-electron chi connectivity index (χ0n) is 16.1. The van der Waals surface area contributed by atoms with Gasteiger partial charge in [0.2, 0.25) is 11.8 Å². The number of hydrogen-bond donors (Lipinski definition) is 0. The fraction of sp³-hybridized carbons (Fsp3) is 0.900. The molecular weight excluding hydrogens is 300 g/mol. The molecule has 0 radical (unpaired) electrons. The Morgan fingerprint density at radius 1 is 0.917 bits per heavy atom. The normalized spacial score (nSPS) is 24.2. The first-order valence-corrected chi connectivity index (χ1v) is 9.86. The number of likely N-dealkylation sites (tertiary alicyclic amines) is 1. The van der Waals surface area contributed by atoms with Crippen molar-refractivity contribution in [3.8, 4) is 0 Å². The van der Waals surface area contributed by atoms with Crippen molar-refractivity contribution in [2.75, 3.05) is 20.1 Å². The van der Waals surface area contributed by atoms with Crippen LogP contribution in [0.3, 0.4) is 0 Å². The second-order valence-corrected chi connectivity index (χ2v) is 8.79. The second kappa shape index (κ2) is 8.35. The van der Waals surface area contributed by atoms with Gasteiger partial charge in [0.1, 0.15) is 0 Å². The van der Waals surface area contributed by atoms with Gasteiger partial charge in [-0.2, -0.15) is 0 Å². The van der Waals surface area contributed by atoms with Gasteiger partial charge in [0.25, 0.3) is 0 Å². The molecule has 1 aliphatic heterocycles. The summed E-state index contributed by atoms with van der Waals surface area (Å²) in [5.41, 5.74) is -0.365. The third-order valence-electron chi connectivity index (χ3n) is 5.67. The summed E-state index contributed by atoms with van der Waals surface area (Å²) in [4.78, 5) is 29.5. The van der Waals surface area contributed by atoms with Crippen LogP contribution < -0.4 is 0 Å². The first kappa shape index (κ1) is 19.3. The SMILES string of the molecule is CN(C(=O)[C@@H]1CCCN(C(=O)C(C)(C)C)C1)C1CCCCCCC1. The van der Waals surface area contributed by atoms with Crippen LogP contribution in [0.4, 0.5) is 0 Å². The molecule has 4 nitrogen and oxygen atoms in total. The zero-order valence-corrected chi connectivity index (χ0v) is 16.1. The maximum Gasteiger partial charge on any atom is 0.227 e. The van der Waals surface area contributed by atoms with E-state index in [2.05, 4.69) is 0 Å². The molecule has 1 atom stereocenters. The van der Waals surface area contributed by atoms with E-state index in [-0.39, 0.29) is 23.1 Å². The van der Waals surface area contributed by atoms with Crippen molar-refractivity contribution in [3.63, 3.8) is 0 Å². The summed E-state index contributed by atoms with van der Waals surface area (Å²) < 4.78 is 0. The van der Waals surface area contributed by atoms with Crippen molar-refractivity contribution in [1.82, 2.24) is 9.80 Å². The van der Waals surface area contributed by atoms with Gasteiger partial charge in [0.15, 0.2) is 0 Å². The van der Waals surface area contributed by atoms with Crippen LogP contribution in [-0.2, 0) is 9.59 Å². The molecule has 1 saturated heterocycles. The van der Waals surface area contributed by atoms with Crippen molar-refractivity contribution in [2.45, 2.75) is 84.6 Å². The Hall–Kier alpha value is -1.06. The molecule has 0 aromatic heterocycles. The van der Waals surface area contributed by atoms with E-state index in [0.717, 1.165) is 32.2 Å². The Morgan fingerprint density at radius 3 is 2.08 bits per heavy atom. The molecule has 0 spiro atoms. The summed E-state index contributed by atoms with van der Waals surface area (Å²) in [6.45, 7) is 7.28. The van der Waals surface area contributed by atoms with E-state index in [1.54, 1.807) is 0 Å². The lowest BCUT2D eigenvalue weighted by Gasteiger charge is -2.39. The Morgan fingerprint density at radius 2 is 1.50 bits per heavy atom. The van der Waals surface area contributed by atoms with Gasteiger partial charge in [-0.3, -0.25) is 9.59 Å². The van der Waals surface area contributed by atoms with E-state index in [4.69, 9.17) is 0 Å². The first-order valence-electron chi connectivity index (χ1n) is 9.86. The molecule has 0 aromatic carbocycles. The van der Waals surface area contributed by atoms with Gasteiger partial charge in [-0.15, -0.1) is 0 Å². The van der Waals surface area contributed by atoms with Gasteiger partial charge < -0.3 is 9.80 Å². The highest BCUT2D eigenvalue weighted by Crippen LogP contribution is 2.27. The predicted molar refractivity (Wildman–Crippen MR) is 97.6 cm³/mol. The number of amides is 2. The molecule has 1 heterocycles. The van der Waals surface area contributed by atoms with E-state index >= 15 is 0 Å². The molecule has 1 saturated carbocycles. The molecule has 2 rings (SSSR count). The quantitative estimate of drug-likeness (QED) is 0.768. The molecular formula is C20H36N2O2. The third-order valence-corrected chi connectivity index (χ3v) is 5.67. The van der Waals surface area contributed by atoms with Gasteiger partial charge in [-0.25, -0.2) is 0 Å². The molecule has 2 fully saturated rings. The van der Waals surface area contributed by atoms with Crippen molar-refractivity contribution < 1.29 is 9.59 Å².